The van der Waals surface area contributed by atoms with Crippen LogP contribution in [0.3, 0.4) is 0 Å². The van der Waals surface area contributed by atoms with Gasteiger partial charge in [-0.15, -0.1) is 5.10 Å². The van der Waals surface area contributed by atoms with Gasteiger partial charge in [-0.05, 0) is 60.5 Å². The van der Waals surface area contributed by atoms with Crippen LogP contribution in [-0.4, -0.2) is 33.4 Å². The van der Waals surface area contributed by atoms with Crippen molar-refractivity contribution in [3.8, 4) is 17.2 Å². The molecule has 1 N–H and O–H groups in total. The molecule has 1 unspecified atom stereocenters. The fourth-order valence-electron chi connectivity index (χ4n) is 2.70. The number of methoxy groups -OCH3 is 1. The van der Waals surface area contributed by atoms with Crippen LogP contribution < -0.4 is 14.8 Å². The second-order valence-corrected chi connectivity index (χ2v) is 6.81. The molecular weight excluding hydrogens is 354 g/mol. The van der Waals surface area contributed by atoms with Crippen molar-refractivity contribution in [1.82, 2.24) is 25.5 Å². The number of nitrogens with one attached hydrogen (secondary N) is 1. The Morgan fingerprint density at radius 2 is 1.89 bits per heavy atom. The molecule has 0 saturated carbocycles. The summed E-state index contributed by atoms with van der Waals surface area (Å²) >= 11 is 0. The fraction of sp³-hybridized carbons (Fsp3) is 0.381. The highest BCUT2D eigenvalue weighted by molar-refractivity contribution is 5.43. The van der Waals surface area contributed by atoms with E-state index in [2.05, 4.69) is 34.7 Å². The Bertz CT molecular complexity index is 892. The summed E-state index contributed by atoms with van der Waals surface area (Å²) in [4.78, 5) is 0. The molecule has 1 aromatic heterocycles. The first-order chi connectivity index (χ1) is 13.6. The summed E-state index contributed by atoms with van der Waals surface area (Å²) in [6, 6.07) is 14.4. The summed E-state index contributed by atoms with van der Waals surface area (Å²) < 4.78 is 13.1. The maximum atomic E-state index is 5.95. The molecule has 0 aliphatic rings. The van der Waals surface area contributed by atoms with Gasteiger partial charge in [-0.3, -0.25) is 0 Å². The van der Waals surface area contributed by atoms with Crippen molar-refractivity contribution >= 4 is 0 Å². The molecule has 0 aliphatic heterocycles. The van der Waals surface area contributed by atoms with Gasteiger partial charge in [0.25, 0.3) is 0 Å². The number of hydrogen-bond acceptors (Lipinski definition) is 6. The van der Waals surface area contributed by atoms with Gasteiger partial charge < -0.3 is 14.8 Å². The van der Waals surface area contributed by atoms with Gasteiger partial charge in [0.1, 0.15) is 0 Å². The maximum Gasteiger partial charge on any atom is 0.194 e. The second kappa shape index (κ2) is 9.32. The molecule has 0 saturated heterocycles. The molecule has 3 aromatic rings. The van der Waals surface area contributed by atoms with Crippen LogP contribution in [0.15, 0.2) is 42.5 Å². The third kappa shape index (κ3) is 4.86. The summed E-state index contributed by atoms with van der Waals surface area (Å²) in [5.41, 5.74) is 3.23. The van der Waals surface area contributed by atoms with E-state index < -0.39 is 0 Å². The SMILES string of the molecule is CCC(C)NCc1ccc(OCc2nnnn2-c2ccc(C)cc2)c(OC)c1. The first-order valence-corrected chi connectivity index (χ1v) is 9.48. The van der Waals surface area contributed by atoms with Gasteiger partial charge in [-0.1, -0.05) is 30.7 Å². The normalized spacial score (nSPS) is 12.0. The predicted octanol–water partition coefficient (Wildman–Crippen LogP) is 3.45. The zero-order chi connectivity index (χ0) is 19.9. The monoisotopic (exact) mass is 381 g/mol. The van der Waals surface area contributed by atoms with Gasteiger partial charge in [-0.25, -0.2) is 0 Å². The molecule has 0 bridgehead atoms. The van der Waals surface area contributed by atoms with E-state index in [0.29, 0.717) is 23.4 Å². The van der Waals surface area contributed by atoms with Crippen molar-refractivity contribution < 1.29 is 9.47 Å². The lowest BCUT2D eigenvalue weighted by Crippen LogP contribution is -2.24. The second-order valence-electron chi connectivity index (χ2n) is 6.81. The Morgan fingerprint density at radius 1 is 1.11 bits per heavy atom. The molecule has 1 atom stereocenters. The zero-order valence-corrected chi connectivity index (χ0v) is 16.8. The predicted molar refractivity (Wildman–Crippen MR) is 108 cm³/mol. The number of benzene rings is 2. The summed E-state index contributed by atoms with van der Waals surface area (Å²) in [6.45, 7) is 7.41. The van der Waals surface area contributed by atoms with Crippen molar-refractivity contribution in [3.05, 3.63) is 59.4 Å². The number of aryl methyl sites for hydroxylation is 1. The van der Waals surface area contributed by atoms with Crippen molar-refractivity contribution in [2.24, 2.45) is 0 Å². The molecule has 7 heteroatoms. The standard InChI is InChI=1S/C21H27N5O2/c1-5-16(3)22-13-17-8-11-19(20(12-17)27-4)28-14-21-23-24-25-26(21)18-9-6-15(2)7-10-18/h6-12,16,22H,5,13-14H2,1-4H3. The fourth-order valence-corrected chi connectivity index (χ4v) is 2.70. The van der Waals surface area contributed by atoms with E-state index >= 15 is 0 Å². The molecule has 28 heavy (non-hydrogen) atoms. The maximum absolute atomic E-state index is 5.95. The molecule has 7 nitrogen and oxygen atoms in total. The highest BCUT2D eigenvalue weighted by atomic mass is 16.5. The summed E-state index contributed by atoms with van der Waals surface area (Å²) in [5.74, 6) is 1.97. The number of ether oxygens (including phenoxy) is 2. The lowest BCUT2D eigenvalue weighted by molar-refractivity contribution is 0.273. The highest BCUT2D eigenvalue weighted by Crippen LogP contribution is 2.29. The largest absolute Gasteiger partial charge is 0.493 e. The van der Waals surface area contributed by atoms with Crippen molar-refractivity contribution in [1.29, 1.82) is 0 Å². The smallest absolute Gasteiger partial charge is 0.194 e. The molecule has 0 amide bonds. The van der Waals surface area contributed by atoms with Gasteiger partial charge in [0.05, 0.1) is 12.8 Å². The van der Waals surface area contributed by atoms with Crippen LogP contribution in [0.4, 0.5) is 0 Å². The minimum Gasteiger partial charge on any atom is -0.493 e. The number of tetrazole rings is 1. The Kier molecular flexibility index (Phi) is 6.60. The van der Waals surface area contributed by atoms with Crippen molar-refractivity contribution in [2.75, 3.05) is 7.11 Å². The lowest BCUT2D eigenvalue weighted by atomic mass is 10.1. The number of aromatic nitrogens is 4. The van der Waals surface area contributed by atoms with Gasteiger partial charge >= 0.3 is 0 Å². The van der Waals surface area contributed by atoms with Crippen LogP contribution in [0.2, 0.25) is 0 Å². The minimum absolute atomic E-state index is 0.238. The average molecular weight is 381 g/mol. The van der Waals surface area contributed by atoms with Gasteiger partial charge in [0.15, 0.2) is 23.9 Å². The Morgan fingerprint density at radius 3 is 2.61 bits per heavy atom. The summed E-state index contributed by atoms with van der Waals surface area (Å²) in [5, 5.41) is 15.4. The van der Waals surface area contributed by atoms with Gasteiger partial charge in [0.2, 0.25) is 0 Å². The third-order valence-corrected chi connectivity index (χ3v) is 4.66. The van der Waals surface area contributed by atoms with Crippen LogP contribution in [-0.2, 0) is 13.2 Å². The van der Waals surface area contributed by atoms with Crippen LogP contribution >= 0.6 is 0 Å². The molecule has 0 radical (unpaired) electrons. The van der Waals surface area contributed by atoms with Crippen molar-refractivity contribution in [2.45, 2.75) is 46.4 Å². The molecule has 1 heterocycles. The van der Waals surface area contributed by atoms with Crippen LogP contribution in [0, 0.1) is 6.92 Å². The van der Waals surface area contributed by atoms with Gasteiger partial charge in [0, 0.05) is 12.6 Å². The van der Waals surface area contributed by atoms with E-state index in [1.165, 1.54) is 5.56 Å². The highest BCUT2D eigenvalue weighted by Gasteiger charge is 2.12. The van der Waals surface area contributed by atoms with Crippen LogP contribution in [0.5, 0.6) is 11.5 Å². The Hall–Kier alpha value is -2.93. The molecule has 0 spiro atoms. The van der Waals surface area contributed by atoms with E-state index in [1.54, 1.807) is 11.8 Å². The topological polar surface area (TPSA) is 74.1 Å². The van der Waals surface area contributed by atoms with Crippen LogP contribution in [0.25, 0.3) is 5.69 Å². The Labute approximate surface area is 165 Å². The molecule has 148 valence electrons. The van der Waals surface area contributed by atoms with Crippen LogP contribution in [0.1, 0.15) is 37.2 Å². The summed E-state index contributed by atoms with van der Waals surface area (Å²) in [6.07, 6.45) is 1.09. The Balaban J connectivity index is 1.69. The molecule has 0 aliphatic carbocycles. The quantitative estimate of drug-likeness (QED) is 0.612. The zero-order valence-electron chi connectivity index (χ0n) is 16.8. The van der Waals surface area contributed by atoms with E-state index in [9.17, 15) is 0 Å². The molecular formula is C21H27N5O2. The average Bonchev–Trinajstić information content (AvgIpc) is 3.19. The number of nitrogens with zero attached hydrogens (tertiary/aromatic N) is 4. The van der Waals surface area contributed by atoms with E-state index in [4.69, 9.17) is 9.47 Å². The third-order valence-electron chi connectivity index (χ3n) is 4.66. The summed E-state index contributed by atoms with van der Waals surface area (Å²) in [7, 11) is 1.64. The molecule has 0 fully saturated rings. The minimum atomic E-state index is 0.238. The lowest BCUT2D eigenvalue weighted by Gasteiger charge is -2.14. The molecule has 3 rings (SSSR count). The van der Waals surface area contributed by atoms with Gasteiger partial charge in [-0.2, -0.15) is 4.68 Å². The molecule has 2 aromatic carbocycles. The number of hydrogen-bond donors (Lipinski definition) is 1. The van der Waals surface area contributed by atoms with E-state index in [-0.39, 0.29) is 6.61 Å². The first-order valence-electron chi connectivity index (χ1n) is 9.48. The van der Waals surface area contributed by atoms with E-state index in [1.807, 2.05) is 49.4 Å². The van der Waals surface area contributed by atoms with E-state index in [0.717, 1.165) is 24.2 Å². The first kappa shape index (κ1) is 19.8. The number of rotatable bonds is 9. The van der Waals surface area contributed by atoms with Crippen molar-refractivity contribution in [3.63, 3.8) is 0 Å².